The average molecular weight is 391 g/mol. The van der Waals surface area contributed by atoms with E-state index in [0.29, 0.717) is 11.5 Å². The number of pyridine rings is 1. The van der Waals surface area contributed by atoms with Crippen LogP contribution >= 0.6 is 0 Å². The third-order valence-corrected chi connectivity index (χ3v) is 5.17. The molecule has 0 radical (unpaired) electrons. The van der Waals surface area contributed by atoms with Crippen molar-refractivity contribution in [1.29, 1.82) is 0 Å². The largest absolute Gasteiger partial charge is 0.305 e. The number of aromatic nitrogens is 5. The third-order valence-electron chi connectivity index (χ3n) is 5.17. The molecule has 0 bridgehead atoms. The van der Waals surface area contributed by atoms with E-state index in [1.807, 2.05) is 31.3 Å². The normalized spacial score (nSPS) is 17.2. The Bertz CT molecular complexity index is 986. The first-order chi connectivity index (χ1) is 14.1. The van der Waals surface area contributed by atoms with Crippen molar-refractivity contribution in [1.82, 2.24) is 29.6 Å². The zero-order valence-electron chi connectivity index (χ0n) is 16.7. The monoisotopic (exact) mass is 391 g/mol. The Balaban J connectivity index is 1.56. The van der Waals surface area contributed by atoms with Gasteiger partial charge in [0.2, 0.25) is 0 Å². The van der Waals surface area contributed by atoms with Crippen LogP contribution in [-0.4, -0.2) is 42.1 Å². The fourth-order valence-corrected chi connectivity index (χ4v) is 3.75. The average Bonchev–Trinajstić information content (AvgIpc) is 3.15. The number of nitrogens with zero attached hydrogens (tertiary/aromatic N) is 6. The van der Waals surface area contributed by atoms with Crippen LogP contribution in [0.5, 0.6) is 0 Å². The van der Waals surface area contributed by atoms with E-state index in [2.05, 4.69) is 20.3 Å². The molecule has 0 spiro atoms. The number of carbonyl (C=O) groups excluding carboxylic acids is 1. The van der Waals surface area contributed by atoms with Gasteiger partial charge in [-0.15, -0.1) is 0 Å². The van der Waals surface area contributed by atoms with Crippen molar-refractivity contribution in [3.05, 3.63) is 65.6 Å². The van der Waals surface area contributed by atoms with Gasteiger partial charge in [-0.1, -0.05) is 12.5 Å². The van der Waals surface area contributed by atoms with Crippen LogP contribution in [0.4, 0.5) is 5.82 Å². The van der Waals surface area contributed by atoms with Crippen LogP contribution in [0.2, 0.25) is 0 Å². The Kier molecular flexibility index (Phi) is 5.62. The van der Waals surface area contributed by atoms with Crippen LogP contribution in [0.25, 0.3) is 0 Å². The summed E-state index contributed by atoms with van der Waals surface area (Å²) >= 11 is 0. The smallest absolute Gasteiger partial charge is 0.275 e. The molecular weight excluding hydrogens is 366 g/mol. The first-order valence-corrected chi connectivity index (χ1v) is 9.89. The maximum Gasteiger partial charge on any atom is 0.275 e. The standard InChI is InChI=1S/C21H25N7O/c1-15-13-19(26-21(29)18-9-11-23-27(18)2)25-20(24-15)17-8-4-6-12-28(17)14-16-7-3-5-10-22-16/h3,5,7,9-11,13,17H,4,6,8,12,14H2,1-2H3,(H,24,25,26,29). The molecule has 3 aromatic rings. The lowest BCUT2D eigenvalue weighted by Crippen LogP contribution is -2.34. The van der Waals surface area contributed by atoms with Crippen LogP contribution in [-0.2, 0) is 13.6 Å². The highest BCUT2D eigenvalue weighted by Crippen LogP contribution is 2.30. The molecule has 1 N–H and O–H groups in total. The van der Waals surface area contributed by atoms with E-state index in [4.69, 9.17) is 9.97 Å². The number of nitrogens with one attached hydrogen (secondary N) is 1. The SMILES string of the molecule is Cc1cc(NC(=O)c2ccnn2C)nc(C2CCCCN2Cc2ccccn2)n1. The van der Waals surface area contributed by atoms with Gasteiger partial charge in [0.25, 0.3) is 5.91 Å². The molecule has 0 aromatic carbocycles. The zero-order chi connectivity index (χ0) is 20.2. The molecular formula is C21H25N7O. The lowest BCUT2D eigenvalue weighted by molar-refractivity contribution is 0.101. The van der Waals surface area contributed by atoms with Gasteiger partial charge in [-0.3, -0.25) is 19.4 Å². The molecule has 1 fully saturated rings. The van der Waals surface area contributed by atoms with Gasteiger partial charge >= 0.3 is 0 Å². The van der Waals surface area contributed by atoms with Crippen molar-refractivity contribution in [3.63, 3.8) is 0 Å². The molecule has 4 rings (SSSR count). The summed E-state index contributed by atoms with van der Waals surface area (Å²) in [6.45, 7) is 3.67. The number of amides is 1. The lowest BCUT2D eigenvalue weighted by atomic mass is 10.0. The second kappa shape index (κ2) is 8.48. The third kappa shape index (κ3) is 4.48. The van der Waals surface area contributed by atoms with Crippen molar-refractivity contribution < 1.29 is 4.79 Å². The minimum atomic E-state index is -0.233. The molecule has 0 aliphatic carbocycles. The number of anilines is 1. The number of aryl methyl sites for hydroxylation is 2. The van der Waals surface area contributed by atoms with E-state index in [1.54, 1.807) is 30.1 Å². The first-order valence-electron chi connectivity index (χ1n) is 9.89. The van der Waals surface area contributed by atoms with E-state index < -0.39 is 0 Å². The Morgan fingerprint density at radius 2 is 2.10 bits per heavy atom. The molecule has 4 heterocycles. The highest BCUT2D eigenvalue weighted by Gasteiger charge is 2.27. The van der Waals surface area contributed by atoms with Crippen molar-refractivity contribution in [2.75, 3.05) is 11.9 Å². The number of rotatable bonds is 5. The van der Waals surface area contributed by atoms with Gasteiger partial charge in [-0.2, -0.15) is 5.10 Å². The number of likely N-dealkylation sites (tertiary alicyclic amines) is 1. The van der Waals surface area contributed by atoms with E-state index in [-0.39, 0.29) is 11.9 Å². The van der Waals surface area contributed by atoms with Crippen LogP contribution in [0.15, 0.2) is 42.7 Å². The quantitative estimate of drug-likeness (QED) is 0.719. The maximum absolute atomic E-state index is 12.5. The zero-order valence-corrected chi connectivity index (χ0v) is 16.7. The molecule has 1 atom stereocenters. The number of hydrogen-bond acceptors (Lipinski definition) is 6. The minimum Gasteiger partial charge on any atom is -0.305 e. The van der Waals surface area contributed by atoms with E-state index in [0.717, 1.165) is 49.6 Å². The fraction of sp³-hybridized carbons (Fsp3) is 0.381. The Morgan fingerprint density at radius 1 is 1.21 bits per heavy atom. The van der Waals surface area contributed by atoms with E-state index in [1.165, 1.54) is 0 Å². The van der Waals surface area contributed by atoms with Gasteiger partial charge in [0.15, 0.2) is 0 Å². The Hall–Kier alpha value is -3.13. The predicted octanol–water partition coefficient (Wildman–Crippen LogP) is 2.89. The molecule has 1 unspecified atom stereocenters. The molecule has 1 saturated heterocycles. The van der Waals surface area contributed by atoms with Crippen molar-refractivity contribution in [2.45, 2.75) is 38.8 Å². The van der Waals surface area contributed by atoms with Crippen LogP contribution in [0.1, 0.15) is 53.0 Å². The van der Waals surface area contributed by atoms with Crippen LogP contribution in [0.3, 0.4) is 0 Å². The lowest BCUT2D eigenvalue weighted by Gasteiger charge is -2.34. The van der Waals surface area contributed by atoms with Crippen molar-refractivity contribution in [3.8, 4) is 0 Å². The summed E-state index contributed by atoms with van der Waals surface area (Å²) in [6, 6.07) is 9.57. The van der Waals surface area contributed by atoms with Gasteiger partial charge in [0.1, 0.15) is 17.3 Å². The first kappa shape index (κ1) is 19.2. The van der Waals surface area contributed by atoms with E-state index in [9.17, 15) is 4.79 Å². The second-order valence-corrected chi connectivity index (χ2v) is 7.35. The van der Waals surface area contributed by atoms with E-state index >= 15 is 0 Å². The van der Waals surface area contributed by atoms with Gasteiger partial charge in [-0.25, -0.2) is 9.97 Å². The Morgan fingerprint density at radius 3 is 2.86 bits per heavy atom. The summed E-state index contributed by atoms with van der Waals surface area (Å²) in [5.41, 5.74) is 2.35. The van der Waals surface area contributed by atoms with Crippen molar-refractivity contribution >= 4 is 11.7 Å². The number of carbonyl (C=O) groups is 1. The Labute approximate surface area is 170 Å². The molecule has 1 aliphatic heterocycles. The summed E-state index contributed by atoms with van der Waals surface area (Å²) in [4.78, 5) is 28.8. The predicted molar refractivity (Wildman–Crippen MR) is 109 cm³/mol. The summed E-state index contributed by atoms with van der Waals surface area (Å²) in [5, 5.41) is 6.94. The molecule has 1 amide bonds. The summed E-state index contributed by atoms with van der Waals surface area (Å²) < 4.78 is 1.54. The van der Waals surface area contributed by atoms with Crippen molar-refractivity contribution in [2.24, 2.45) is 7.05 Å². The highest BCUT2D eigenvalue weighted by atomic mass is 16.2. The molecule has 150 valence electrons. The summed E-state index contributed by atoms with van der Waals surface area (Å²) in [5.74, 6) is 1.03. The summed E-state index contributed by atoms with van der Waals surface area (Å²) in [7, 11) is 1.74. The molecule has 0 saturated carbocycles. The van der Waals surface area contributed by atoms with Gasteiger partial charge in [-0.05, 0) is 44.5 Å². The van der Waals surface area contributed by atoms with Crippen LogP contribution in [0, 0.1) is 6.92 Å². The maximum atomic E-state index is 12.5. The minimum absolute atomic E-state index is 0.109. The number of piperidine rings is 1. The molecule has 29 heavy (non-hydrogen) atoms. The topological polar surface area (TPSA) is 88.8 Å². The molecule has 3 aromatic heterocycles. The second-order valence-electron chi connectivity index (χ2n) is 7.35. The molecule has 8 nitrogen and oxygen atoms in total. The van der Waals surface area contributed by atoms with Crippen LogP contribution < -0.4 is 5.32 Å². The summed E-state index contributed by atoms with van der Waals surface area (Å²) in [6.07, 6.45) is 6.70. The molecule has 1 aliphatic rings. The van der Waals surface area contributed by atoms with Gasteiger partial charge < -0.3 is 5.32 Å². The highest BCUT2D eigenvalue weighted by molar-refractivity contribution is 6.02. The fourth-order valence-electron chi connectivity index (χ4n) is 3.75. The number of hydrogen-bond donors (Lipinski definition) is 1. The van der Waals surface area contributed by atoms with Gasteiger partial charge in [0.05, 0.1) is 11.7 Å². The molecule has 8 heteroatoms. The van der Waals surface area contributed by atoms with Gasteiger partial charge in [0, 0.05) is 37.7 Å².